The van der Waals surface area contributed by atoms with E-state index >= 15 is 0 Å². The molecular formula is C7H9N3. The maximum Gasteiger partial charge on any atom is 0.165 e. The van der Waals surface area contributed by atoms with Crippen LogP contribution in [0.4, 0.5) is 0 Å². The van der Waals surface area contributed by atoms with Crippen molar-refractivity contribution >= 4 is 0 Å². The van der Waals surface area contributed by atoms with Crippen molar-refractivity contribution in [3.63, 3.8) is 0 Å². The maximum absolute atomic E-state index is 8.52. The van der Waals surface area contributed by atoms with Crippen LogP contribution >= 0.6 is 0 Å². The molecule has 0 aliphatic heterocycles. The third kappa shape index (κ3) is 1.01. The monoisotopic (exact) mass is 135 g/mol. The Morgan fingerprint density at radius 3 is 2.80 bits per heavy atom. The SMILES string of the molecule is CC(C)c1c[nH]nc1C#N. The lowest BCUT2D eigenvalue weighted by atomic mass is 10.1. The molecule has 10 heavy (non-hydrogen) atoms. The lowest BCUT2D eigenvalue weighted by molar-refractivity contribution is 0.863. The number of hydrogen-bond donors (Lipinski definition) is 1. The van der Waals surface area contributed by atoms with E-state index in [1.807, 2.05) is 19.9 Å². The largest absolute Gasteiger partial charge is 0.284 e. The Labute approximate surface area is 59.7 Å². The van der Waals surface area contributed by atoms with Gasteiger partial charge in [0.25, 0.3) is 0 Å². The molecule has 1 aromatic heterocycles. The van der Waals surface area contributed by atoms with Gasteiger partial charge in [0, 0.05) is 11.8 Å². The number of hydrogen-bond acceptors (Lipinski definition) is 2. The van der Waals surface area contributed by atoms with Gasteiger partial charge in [0.15, 0.2) is 5.69 Å². The summed E-state index contributed by atoms with van der Waals surface area (Å²) in [5, 5.41) is 15.0. The number of H-pyrrole nitrogens is 1. The molecule has 0 radical (unpaired) electrons. The Bertz CT molecular complexity index is 254. The summed E-state index contributed by atoms with van der Waals surface area (Å²) in [5.74, 6) is 0.369. The minimum absolute atomic E-state index is 0.369. The fourth-order valence-electron chi connectivity index (χ4n) is 0.829. The van der Waals surface area contributed by atoms with E-state index in [4.69, 9.17) is 5.26 Å². The summed E-state index contributed by atoms with van der Waals surface area (Å²) in [6.07, 6.45) is 1.77. The zero-order valence-electron chi connectivity index (χ0n) is 6.05. The standard InChI is InChI=1S/C7H9N3/c1-5(2)6-4-9-10-7(6)3-8/h4-5H,1-2H3,(H,9,10). The first kappa shape index (κ1) is 6.81. The summed E-state index contributed by atoms with van der Waals surface area (Å²) in [7, 11) is 0. The number of nitrogens with zero attached hydrogens (tertiary/aromatic N) is 2. The normalized spacial score (nSPS) is 9.80. The van der Waals surface area contributed by atoms with E-state index in [0.717, 1.165) is 5.56 Å². The second kappa shape index (κ2) is 2.53. The molecule has 0 bridgehead atoms. The zero-order chi connectivity index (χ0) is 7.56. The van der Waals surface area contributed by atoms with Crippen LogP contribution in [0.3, 0.4) is 0 Å². The summed E-state index contributed by atoms with van der Waals surface area (Å²) < 4.78 is 0. The summed E-state index contributed by atoms with van der Waals surface area (Å²) in [5.41, 5.74) is 1.50. The van der Waals surface area contributed by atoms with Crippen molar-refractivity contribution in [2.24, 2.45) is 0 Å². The van der Waals surface area contributed by atoms with Gasteiger partial charge < -0.3 is 0 Å². The number of nitriles is 1. The van der Waals surface area contributed by atoms with Crippen LogP contribution in [-0.2, 0) is 0 Å². The van der Waals surface area contributed by atoms with Crippen molar-refractivity contribution in [1.82, 2.24) is 10.2 Å². The third-order valence-electron chi connectivity index (χ3n) is 1.40. The molecule has 1 rings (SSSR count). The van der Waals surface area contributed by atoms with Crippen LogP contribution in [0.1, 0.15) is 31.0 Å². The van der Waals surface area contributed by atoms with E-state index < -0.39 is 0 Å². The highest BCUT2D eigenvalue weighted by Crippen LogP contribution is 2.15. The third-order valence-corrected chi connectivity index (χ3v) is 1.40. The highest BCUT2D eigenvalue weighted by molar-refractivity contribution is 5.30. The van der Waals surface area contributed by atoms with Crippen LogP contribution in [-0.4, -0.2) is 10.2 Å². The predicted molar refractivity (Wildman–Crippen MR) is 37.4 cm³/mol. The number of aromatic nitrogens is 2. The second-order valence-corrected chi connectivity index (χ2v) is 2.46. The van der Waals surface area contributed by atoms with Gasteiger partial charge in [-0.2, -0.15) is 10.4 Å². The molecule has 1 N–H and O–H groups in total. The number of rotatable bonds is 1. The van der Waals surface area contributed by atoms with Crippen molar-refractivity contribution in [2.75, 3.05) is 0 Å². The molecule has 3 heteroatoms. The van der Waals surface area contributed by atoms with Gasteiger partial charge in [0.05, 0.1) is 0 Å². The van der Waals surface area contributed by atoms with Crippen molar-refractivity contribution in [3.8, 4) is 6.07 Å². The Kier molecular flexibility index (Phi) is 1.72. The minimum Gasteiger partial charge on any atom is -0.284 e. The summed E-state index contributed by atoms with van der Waals surface area (Å²) in [6, 6.07) is 2.01. The van der Waals surface area contributed by atoms with Crippen molar-refractivity contribution in [3.05, 3.63) is 17.5 Å². The predicted octanol–water partition coefficient (Wildman–Crippen LogP) is 1.40. The maximum atomic E-state index is 8.52. The molecule has 0 fully saturated rings. The van der Waals surface area contributed by atoms with E-state index in [-0.39, 0.29) is 0 Å². The summed E-state index contributed by atoms with van der Waals surface area (Å²) in [6.45, 7) is 4.07. The Hall–Kier alpha value is -1.30. The molecular weight excluding hydrogens is 126 g/mol. The van der Waals surface area contributed by atoms with Crippen molar-refractivity contribution in [2.45, 2.75) is 19.8 Å². The zero-order valence-corrected chi connectivity index (χ0v) is 6.05. The molecule has 0 aliphatic carbocycles. The number of aromatic amines is 1. The van der Waals surface area contributed by atoms with Gasteiger partial charge in [-0.05, 0) is 5.92 Å². The number of nitrogens with one attached hydrogen (secondary N) is 1. The quantitative estimate of drug-likeness (QED) is 0.632. The first-order valence-corrected chi connectivity index (χ1v) is 3.19. The van der Waals surface area contributed by atoms with Gasteiger partial charge in [-0.25, -0.2) is 0 Å². The Morgan fingerprint density at radius 2 is 2.40 bits per heavy atom. The van der Waals surface area contributed by atoms with Gasteiger partial charge in [0.1, 0.15) is 6.07 Å². The molecule has 0 aromatic carbocycles. The first-order chi connectivity index (χ1) is 4.75. The molecule has 0 saturated heterocycles. The van der Waals surface area contributed by atoms with Gasteiger partial charge in [-0.15, -0.1) is 0 Å². The van der Waals surface area contributed by atoms with Crippen LogP contribution in [0.25, 0.3) is 0 Å². The summed E-state index contributed by atoms with van der Waals surface area (Å²) in [4.78, 5) is 0. The van der Waals surface area contributed by atoms with Gasteiger partial charge in [-0.3, -0.25) is 5.10 Å². The van der Waals surface area contributed by atoms with Crippen LogP contribution < -0.4 is 0 Å². The topological polar surface area (TPSA) is 52.5 Å². The van der Waals surface area contributed by atoms with Crippen molar-refractivity contribution in [1.29, 1.82) is 5.26 Å². The molecule has 52 valence electrons. The lowest BCUT2D eigenvalue weighted by Crippen LogP contribution is -1.87. The van der Waals surface area contributed by atoms with Crippen LogP contribution in [0.5, 0.6) is 0 Å². The highest BCUT2D eigenvalue weighted by atomic mass is 15.1. The van der Waals surface area contributed by atoms with E-state index in [9.17, 15) is 0 Å². The highest BCUT2D eigenvalue weighted by Gasteiger charge is 2.06. The van der Waals surface area contributed by atoms with Crippen molar-refractivity contribution < 1.29 is 0 Å². The molecule has 0 aliphatic rings. The van der Waals surface area contributed by atoms with Gasteiger partial charge in [-0.1, -0.05) is 13.8 Å². The van der Waals surface area contributed by atoms with Crippen LogP contribution in [0, 0.1) is 11.3 Å². The smallest absolute Gasteiger partial charge is 0.165 e. The Morgan fingerprint density at radius 1 is 1.70 bits per heavy atom. The van der Waals surface area contributed by atoms with Crippen LogP contribution in [0.2, 0.25) is 0 Å². The molecule has 1 heterocycles. The summed E-state index contributed by atoms with van der Waals surface area (Å²) >= 11 is 0. The second-order valence-electron chi connectivity index (χ2n) is 2.46. The molecule has 1 aromatic rings. The average molecular weight is 135 g/mol. The van der Waals surface area contributed by atoms with E-state index in [2.05, 4.69) is 10.2 Å². The molecule has 0 spiro atoms. The van der Waals surface area contributed by atoms with Crippen LogP contribution in [0.15, 0.2) is 6.20 Å². The minimum atomic E-state index is 0.369. The fraction of sp³-hybridized carbons (Fsp3) is 0.429. The van der Waals surface area contributed by atoms with E-state index in [0.29, 0.717) is 11.6 Å². The van der Waals surface area contributed by atoms with E-state index in [1.165, 1.54) is 0 Å². The molecule has 3 nitrogen and oxygen atoms in total. The Balaban J connectivity index is 3.05. The molecule has 0 amide bonds. The fourth-order valence-corrected chi connectivity index (χ4v) is 0.829. The van der Waals surface area contributed by atoms with Gasteiger partial charge >= 0.3 is 0 Å². The molecule has 0 atom stereocenters. The molecule has 0 saturated carbocycles. The molecule has 0 unspecified atom stereocenters. The lowest BCUT2D eigenvalue weighted by Gasteiger charge is -1.97. The van der Waals surface area contributed by atoms with Gasteiger partial charge in [0.2, 0.25) is 0 Å². The van der Waals surface area contributed by atoms with E-state index in [1.54, 1.807) is 6.20 Å². The first-order valence-electron chi connectivity index (χ1n) is 3.19. The average Bonchev–Trinajstić information content (AvgIpc) is 2.33.